The monoisotopic (exact) mass is 233 g/mol. The molecule has 0 fully saturated rings. The first-order valence-electron chi connectivity index (χ1n) is 5.44. The van der Waals surface area contributed by atoms with Gasteiger partial charge in [0, 0.05) is 33.3 Å². The average Bonchev–Trinajstić information content (AvgIpc) is 2.77. The van der Waals surface area contributed by atoms with E-state index in [1.165, 1.54) is 0 Å². The summed E-state index contributed by atoms with van der Waals surface area (Å²) < 4.78 is 5.27. The molecule has 0 saturated carbocycles. The van der Waals surface area contributed by atoms with Crippen molar-refractivity contribution >= 4 is 22.7 Å². The molecule has 90 valence electrons. The fourth-order valence-electron chi connectivity index (χ4n) is 1.55. The number of rotatable bonds is 4. The molecule has 0 aromatic carbocycles. The number of nitrogens with zero attached hydrogens (tertiary/aromatic N) is 2. The lowest BCUT2D eigenvalue weighted by Gasteiger charge is -2.10. The Morgan fingerprint density at radius 1 is 1.47 bits per heavy atom. The molecule has 2 aromatic rings. The van der Waals surface area contributed by atoms with Crippen molar-refractivity contribution in [1.29, 1.82) is 0 Å². The summed E-state index contributed by atoms with van der Waals surface area (Å²) in [5.74, 6) is 0.847. The first-order valence-corrected chi connectivity index (χ1v) is 5.44. The topological polar surface area (TPSA) is 58.4 Å². The van der Waals surface area contributed by atoms with E-state index >= 15 is 0 Å². The van der Waals surface area contributed by atoms with Gasteiger partial charge in [-0.25, -0.2) is 4.98 Å². The third-order valence-electron chi connectivity index (χ3n) is 2.51. The van der Waals surface area contributed by atoms with Gasteiger partial charge in [0.05, 0.1) is 11.6 Å². The number of hydrogen-bond donors (Lipinski definition) is 1. The van der Waals surface area contributed by atoms with Crippen LogP contribution in [0.5, 0.6) is 0 Å². The molecule has 0 bridgehead atoms. The molecule has 2 rings (SSSR count). The van der Waals surface area contributed by atoms with Gasteiger partial charge in [0.15, 0.2) is 0 Å². The molecule has 5 heteroatoms. The molecule has 0 aliphatic carbocycles. The highest BCUT2D eigenvalue weighted by Gasteiger charge is 2.06. The molecule has 1 N–H and O–H groups in total. The Labute approximate surface area is 99.4 Å². The molecule has 0 radical (unpaired) electrons. The highest BCUT2D eigenvalue weighted by molar-refractivity contribution is 5.88. The normalized spacial score (nSPS) is 10.5. The van der Waals surface area contributed by atoms with Gasteiger partial charge in [-0.3, -0.25) is 4.79 Å². The van der Waals surface area contributed by atoms with Crippen LogP contribution in [-0.4, -0.2) is 36.4 Å². The third-order valence-corrected chi connectivity index (χ3v) is 2.51. The van der Waals surface area contributed by atoms with Crippen molar-refractivity contribution in [2.75, 3.05) is 26.0 Å². The van der Waals surface area contributed by atoms with E-state index in [0.29, 0.717) is 13.0 Å². The van der Waals surface area contributed by atoms with Crippen molar-refractivity contribution in [2.24, 2.45) is 0 Å². The Balaban J connectivity index is 1.99. The number of anilines is 1. The Hall–Kier alpha value is -2.04. The summed E-state index contributed by atoms with van der Waals surface area (Å²) in [5.41, 5.74) is 0.793. The Bertz CT molecular complexity index is 519. The number of amides is 1. The standard InChI is InChI=1S/C12H15N3O2/c1-15(2)11(16)4-7-14-12-9-5-8-17-10(9)3-6-13-12/h3,5-6,8H,4,7H2,1-2H3,(H,13,14). The first kappa shape index (κ1) is 11.4. The lowest BCUT2D eigenvalue weighted by molar-refractivity contribution is -0.128. The van der Waals surface area contributed by atoms with Crippen LogP contribution >= 0.6 is 0 Å². The Morgan fingerprint density at radius 3 is 3.06 bits per heavy atom. The molecule has 0 aliphatic rings. The van der Waals surface area contributed by atoms with Crippen molar-refractivity contribution in [2.45, 2.75) is 6.42 Å². The summed E-state index contributed by atoms with van der Waals surface area (Å²) in [5, 5.41) is 4.08. The van der Waals surface area contributed by atoms with Crippen LogP contribution in [-0.2, 0) is 4.79 Å². The fraction of sp³-hybridized carbons (Fsp3) is 0.333. The molecule has 17 heavy (non-hydrogen) atoms. The molecule has 0 spiro atoms. The van der Waals surface area contributed by atoms with E-state index < -0.39 is 0 Å². The number of fused-ring (bicyclic) bond motifs is 1. The minimum Gasteiger partial charge on any atom is -0.464 e. The first-order chi connectivity index (χ1) is 8.18. The van der Waals surface area contributed by atoms with E-state index in [4.69, 9.17) is 4.42 Å². The quantitative estimate of drug-likeness (QED) is 0.873. The van der Waals surface area contributed by atoms with Gasteiger partial charge in [-0.15, -0.1) is 0 Å². The van der Waals surface area contributed by atoms with E-state index in [1.807, 2.05) is 12.1 Å². The van der Waals surface area contributed by atoms with Crippen LogP contribution in [0.1, 0.15) is 6.42 Å². The zero-order chi connectivity index (χ0) is 12.3. The molecule has 2 aromatic heterocycles. The van der Waals surface area contributed by atoms with Crippen molar-refractivity contribution < 1.29 is 9.21 Å². The highest BCUT2D eigenvalue weighted by atomic mass is 16.3. The van der Waals surface area contributed by atoms with Crippen molar-refractivity contribution in [3.05, 3.63) is 24.6 Å². The minimum atomic E-state index is 0.0943. The number of nitrogens with one attached hydrogen (secondary N) is 1. The molecular weight excluding hydrogens is 218 g/mol. The Morgan fingerprint density at radius 2 is 2.29 bits per heavy atom. The van der Waals surface area contributed by atoms with E-state index in [1.54, 1.807) is 31.5 Å². The van der Waals surface area contributed by atoms with Crippen molar-refractivity contribution in [3.8, 4) is 0 Å². The maximum Gasteiger partial charge on any atom is 0.223 e. The molecule has 0 saturated heterocycles. The summed E-state index contributed by atoms with van der Waals surface area (Å²) in [7, 11) is 3.49. The van der Waals surface area contributed by atoms with Crippen molar-refractivity contribution in [3.63, 3.8) is 0 Å². The van der Waals surface area contributed by atoms with Crippen LogP contribution in [0.2, 0.25) is 0 Å². The number of carbonyl (C=O) groups excluding carboxylic acids is 1. The SMILES string of the molecule is CN(C)C(=O)CCNc1nccc2occc12. The smallest absolute Gasteiger partial charge is 0.223 e. The average molecular weight is 233 g/mol. The van der Waals surface area contributed by atoms with Crippen LogP contribution < -0.4 is 5.32 Å². The summed E-state index contributed by atoms with van der Waals surface area (Å²) in [6.07, 6.45) is 3.76. The number of pyridine rings is 1. The summed E-state index contributed by atoms with van der Waals surface area (Å²) in [4.78, 5) is 17.2. The molecule has 0 unspecified atom stereocenters. The fourth-order valence-corrected chi connectivity index (χ4v) is 1.55. The molecule has 2 heterocycles. The van der Waals surface area contributed by atoms with Gasteiger partial charge in [-0.2, -0.15) is 0 Å². The third kappa shape index (κ3) is 2.55. The minimum absolute atomic E-state index is 0.0943. The zero-order valence-corrected chi connectivity index (χ0v) is 9.93. The van der Waals surface area contributed by atoms with Crippen LogP contribution in [0.3, 0.4) is 0 Å². The largest absolute Gasteiger partial charge is 0.464 e. The second-order valence-electron chi connectivity index (χ2n) is 3.96. The highest BCUT2D eigenvalue weighted by Crippen LogP contribution is 2.21. The predicted molar refractivity (Wildman–Crippen MR) is 65.8 cm³/mol. The zero-order valence-electron chi connectivity index (χ0n) is 9.93. The number of carbonyl (C=O) groups is 1. The van der Waals surface area contributed by atoms with Gasteiger partial charge in [0.2, 0.25) is 5.91 Å². The van der Waals surface area contributed by atoms with Crippen LogP contribution in [0.25, 0.3) is 11.0 Å². The van der Waals surface area contributed by atoms with Crippen LogP contribution in [0.15, 0.2) is 29.0 Å². The van der Waals surface area contributed by atoms with Crippen molar-refractivity contribution in [1.82, 2.24) is 9.88 Å². The summed E-state index contributed by atoms with van der Waals surface area (Å²) >= 11 is 0. The summed E-state index contributed by atoms with van der Waals surface area (Å²) in [6.45, 7) is 0.564. The maximum atomic E-state index is 11.4. The van der Waals surface area contributed by atoms with E-state index in [-0.39, 0.29) is 5.91 Å². The maximum absolute atomic E-state index is 11.4. The van der Waals surface area contributed by atoms with Gasteiger partial charge < -0.3 is 14.6 Å². The second-order valence-corrected chi connectivity index (χ2v) is 3.96. The lowest BCUT2D eigenvalue weighted by atomic mass is 10.3. The lowest BCUT2D eigenvalue weighted by Crippen LogP contribution is -2.24. The Kier molecular flexibility index (Phi) is 3.27. The number of hydrogen-bond acceptors (Lipinski definition) is 4. The van der Waals surface area contributed by atoms with Gasteiger partial charge in [0.25, 0.3) is 0 Å². The van der Waals surface area contributed by atoms with Gasteiger partial charge in [0.1, 0.15) is 11.4 Å². The van der Waals surface area contributed by atoms with E-state index in [2.05, 4.69) is 10.3 Å². The molecular formula is C12H15N3O2. The van der Waals surface area contributed by atoms with E-state index in [0.717, 1.165) is 16.8 Å². The van der Waals surface area contributed by atoms with E-state index in [9.17, 15) is 4.79 Å². The van der Waals surface area contributed by atoms with Gasteiger partial charge in [-0.1, -0.05) is 0 Å². The predicted octanol–water partition coefficient (Wildman–Crippen LogP) is 1.72. The number of aromatic nitrogens is 1. The van der Waals surface area contributed by atoms with Gasteiger partial charge >= 0.3 is 0 Å². The van der Waals surface area contributed by atoms with Gasteiger partial charge in [-0.05, 0) is 12.1 Å². The molecule has 0 atom stereocenters. The molecule has 5 nitrogen and oxygen atoms in total. The molecule has 1 amide bonds. The molecule has 0 aliphatic heterocycles. The second kappa shape index (κ2) is 4.86. The summed E-state index contributed by atoms with van der Waals surface area (Å²) in [6, 6.07) is 3.67. The number of furan rings is 1. The van der Waals surface area contributed by atoms with Crippen LogP contribution in [0.4, 0.5) is 5.82 Å². The van der Waals surface area contributed by atoms with Crippen LogP contribution in [0, 0.1) is 0 Å².